The van der Waals surface area contributed by atoms with E-state index in [-0.39, 0.29) is 12.5 Å². The van der Waals surface area contributed by atoms with Gasteiger partial charge in [-0.2, -0.15) is 5.26 Å². The lowest BCUT2D eigenvalue weighted by atomic mass is 10.2. The summed E-state index contributed by atoms with van der Waals surface area (Å²) in [6, 6.07) is 13.1. The van der Waals surface area contributed by atoms with E-state index in [9.17, 15) is 4.79 Å². The molecule has 0 aliphatic rings. The third kappa shape index (κ3) is 3.13. The molecule has 5 nitrogen and oxygen atoms in total. The van der Waals surface area contributed by atoms with Crippen molar-refractivity contribution in [1.29, 1.82) is 5.26 Å². The van der Waals surface area contributed by atoms with Gasteiger partial charge in [0, 0.05) is 18.4 Å². The predicted molar refractivity (Wildman–Crippen MR) is 72.0 cm³/mol. The highest BCUT2D eigenvalue weighted by atomic mass is 16.2. The number of nitrogens with one attached hydrogen (secondary N) is 1. The number of aromatic nitrogens is 1. The predicted octanol–water partition coefficient (Wildman–Crippen LogP) is 1.76. The Morgan fingerprint density at radius 2 is 2.11 bits per heavy atom. The summed E-state index contributed by atoms with van der Waals surface area (Å²) in [5.41, 5.74) is 7.45. The average Bonchev–Trinajstić information content (AvgIpc) is 2.85. The number of amides is 1. The molecular formula is C14H14N4O. The number of rotatable bonds is 4. The highest BCUT2D eigenvalue weighted by Crippen LogP contribution is 2.11. The normalized spacial score (nSPS) is 9.84. The van der Waals surface area contributed by atoms with E-state index >= 15 is 0 Å². The molecule has 5 heteroatoms. The van der Waals surface area contributed by atoms with E-state index in [0.29, 0.717) is 17.9 Å². The SMILES string of the molecule is N#CCN(Cc1ccccc1)C(=O)c1cc(N)c[nH]1. The number of hydrogen-bond donors (Lipinski definition) is 2. The van der Waals surface area contributed by atoms with Crippen LogP contribution in [0.1, 0.15) is 16.1 Å². The number of anilines is 1. The van der Waals surface area contributed by atoms with Gasteiger partial charge in [-0.15, -0.1) is 0 Å². The van der Waals surface area contributed by atoms with Crippen LogP contribution in [0.25, 0.3) is 0 Å². The van der Waals surface area contributed by atoms with E-state index < -0.39 is 0 Å². The summed E-state index contributed by atoms with van der Waals surface area (Å²) in [6.45, 7) is 0.429. The van der Waals surface area contributed by atoms with Crippen LogP contribution in [0.2, 0.25) is 0 Å². The number of H-pyrrole nitrogens is 1. The van der Waals surface area contributed by atoms with E-state index in [1.54, 1.807) is 12.3 Å². The Bertz CT molecular complexity index is 597. The molecule has 19 heavy (non-hydrogen) atoms. The van der Waals surface area contributed by atoms with Crippen LogP contribution >= 0.6 is 0 Å². The number of carbonyl (C=O) groups excluding carboxylic acids is 1. The molecule has 3 N–H and O–H groups in total. The minimum absolute atomic E-state index is 0.0344. The quantitative estimate of drug-likeness (QED) is 0.815. The van der Waals surface area contributed by atoms with Gasteiger partial charge in [0.2, 0.25) is 0 Å². The van der Waals surface area contributed by atoms with Crippen molar-refractivity contribution in [3.63, 3.8) is 0 Å². The molecule has 0 aliphatic heterocycles. The van der Waals surface area contributed by atoms with Crippen LogP contribution in [-0.4, -0.2) is 22.3 Å². The maximum Gasteiger partial charge on any atom is 0.271 e. The number of hydrogen-bond acceptors (Lipinski definition) is 3. The fourth-order valence-corrected chi connectivity index (χ4v) is 1.79. The van der Waals surface area contributed by atoms with Crippen molar-refractivity contribution in [2.45, 2.75) is 6.54 Å². The molecule has 0 atom stereocenters. The van der Waals surface area contributed by atoms with E-state index in [2.05, 4.69) is 4.98 Å². The molecule has 1 amide bonds. The molecule has 1 aromatic carbocycles. The van der Waals surface area contributed by atoms with Crippen LogP contribution in [0.15, 0.2) is 42.6 Å². The Morgan fingerprint density at radius 3 is 2.68 bits per heavy atom. The summed E-state index contributed by atoms with van der Waals surface area (Å²) < 4.78 is 0. The second-order valence-electron chi connectivity index (χ2n) is 4.15. The summed E-state index contributed by atoms with van der Waals surface area (Å²) in [5, 5.41) is 8.84. The van der Waals surface area contributed by atoms with Crippen LogP contribution in [0.3, 0.4) is 0 Å². The molecule has 0 spiro atoms. The minimum Gasteiger partial charge on any atom is -0.397 e. The van der Waals surface area contributed by atoms with Gasteiger partial charge in [-0.05, 0) is 11.6 Å². The van der Waals surface area contributed by atoms with Gasteiger partial charge in [-0.1, -0.05) is 30.3 Å². The van der Waals surface area contributed by atoms with Crippen molar-refractivity contribution < 1.29 is 4.79 Å². The standard InChI is InChI=1S/C14H14N4O/c15-6-7-18(10-11-4-2-1-3-5-11)14(19)13-8-12(16)9-17-13/h1-5,8-9,17H,7,10,16H2. The zero-order valence-electron chi connectivity index (χ0n) is 10.3. The zero-order valence-corrected chi connectivity index (χ0v) is 10.3. The van der Waals surface area contributed by atoms with Crippen molar-refractivity contribution in [2.24, 2.45) is 0 Å². The number of nitrogen functional groups attached to an aromatic ring is 1. The van der Waals surface area contributed by atoms with Crippen LogP contribution in [-0.2, 0) is 6.54 Å². The molecule has 0 aliphatic carbocycles. The summed E-state index contributed by atoms with van der Waals surface area (Å²) in [7, 11) is 0. The largest absolute Gasteiger partial charge is 0.397 e. The number of carbonyl (C=O) groups is 1. The number of nitrogens with two attached hydrogens (primary N) is 1. The highest BCUT2D eigenvalue weighted by Gasteiger charge is 2.17. The number of nitriles is 1. The lowest BCUT2D eigenvalue weighted by Gasteiger charge is -2.18. The molecule has 0 bridgehead atoms. The molecule has 2 rings (SSSR count). The second kappa shape index (κ2) is 5.74. The van der Waals surface area contributed by atoms with Gasteiger partial charge in [0.05, 0.1) is 6.07 Å². The van der Waals surface area contributed by atoms with Gasteiger partial charge in [-0.25, -0.2) is 0 Å². The molecule has 1 heterocycles. The van der Waals surface area contributed by atoms with E-state index in [1.807, 2.05) is 36.4 Å². The van der Waals surface area contributed by atoms with E-state index in [0.717, 1.165) is 5.56 Å². The van der Waals surface area contributed by atoms with Crippen LogP contribution in [0, 0.1) is 11.3 Å². The third-order valence-electron chi connectivity index (χ3n) is 2.70. The molecule has 0 saturated carbocycles. The number of aromatic amines is 1. The van der Waals surface area contributed by atoms with Crippen LogP contribution in [0.5, 0.6) is 0 Å². The molecule has 0 unspecified atom stereocenters. The Morgan fingerprint density at radius 1 is 1.37 bits per heavy atom. The fourth-order valence-electron chi connectivity index (χ4n) is 1.79. The molecule has 0 fully saturated rings. The van der Waals surface area contributed by atoms with Crippen LogP contribution < -0.4 is 5.73 Å². The summed E-state index contributed by atoms with van der Waals surface area (Å²) in [4.78, 5) is 16.5. The molecule has 2 aromatic rings. The van der Waals surface area contributed by atoms with Gasteiger partial charge >= 0.3 is 0 Å². The summed E-state index contributed by atoms with van der Waals surface area (Å²) >= 11 is 0. The Hall–Kier alpha value is -2.74. The van der Waals surface area contributed by atoms with E-state index in [4.69, 9.17) is 11.0 Å². The van der Waals surface area contributed by atoms with Crippen molar-refractivity contribution >= 4 is 11.6 Å². The van der Waals surface area contributed by atoms with Crippen molar-refractivity contribution in [3.8, 4) is 6.07 Å². The Labute approximate surface area is 111 Å². The van der Waals surface area contributed by atoms with Gasteiger partial charge in [-0.3, -0.25) is 4.79 Å². The lowest BCUT2D eigenvalue weighted by molar-refractivity contribution is 0.0760. The third-order valence-corrected chi connectivity index (χ3v) is 2.70. The monoisotopic (exact) mass is 254 g/mol. The van der Waals surface area contributed by atoms with Crippen molar-refractivity contribution in [1.82, 2.24) is 9.88 Å². The maximum absolute atomic E-state index is 12.2. The topological polar surface area (TPSA) is 85.9 Å². The van der Waals surface area contributed by atoms with Gasteiger partial charge < -0.3 is 15.6 Å². The first-order valence-corrected chi connectivity index (χ1v) is 5.84. The first-order chi connectivity index (χ1) is 9.20. The lowest BCUT2D eigenvalue weighted by Crippen LogP contribution is -2.31. The minimum atomic E-state index is -0.234. The zero-order chi connectivity index (χ0) is 13.7. The molecule has 0 radical (unpaired) electrons. The van der Waals surface area contributed by atoms with Gasteiger partial charge in [0.25, 0.3) is 5.91 Å². The van der Waals surface area contributed by atoms with Gasteiger partial charge in [0.15, 0.2) is 0 Å². The Balaban J connectivity index is 2.16. The highest BCUT2D eigenvalue weighted by molar-refractivity contribution is 5.93. The van der Waals surface area contributed by atoms with Gasteiger partial charge in [0.1, 0.15) is 12.2 Å². The second-order valence-corrected chi connectivity index (χ2v) is 4.15. The van der Waals surface area contributed by atoms with Crippen molar-refractivity contribution in [3.05, 3.63) is 53.9 Å². The molecule has 96 valence electrons. The van der Waals surface area contributed by atoms with Crippen LogP contribution in [0.4, 0.5) is 5.69 Å². The molecule has 1 aromatic heterocycles. The number of nitrogens with zero attached hydrogens (tertiary/aromatic N) is 2. The molecular weight excluding hydrogens is 240 g/mol. The van der Waals surface area contributed by atoms with E-state index in [1.165, 1.54) is 4.90 Å². The molecule has 0 saturated heterocycles. The van der Waals surface area contributed by atoms with Crippen molar-refractivity contribution in [2.75, 3.05) is 12.3 Å². The summed E-state index contributed by atoms with van der Waals surface area (Å²) in [6.07, 6.45) is 1.56. The average molecular weight is 254 g/mol. The fraction of sp³-hybridized carbons (Fsp3) is 0.143. The number of benzene rings is 1. The summed E-state index contributed by atoms with van der Waals surface area (Å²) in [5.74, 6) is -0.234. The smallest absolute Gasteiger partial charge is 0.271 e. The Kier molecular flexibility index (Phi) is 3.84. The first-order valence-electron chi connectivity index (χ1n) is 5.84. The first kappa shape index (κ1) is 12.7. The maximum atomic E-state index is 12.2.